The monoisotopic (exact) mass is 474 g/mol. The number of nitrogens with zero attached hydrogens (tertiary/aromatic N) is 1. The first kappa shape index (κ1) is 27.5. The summed E-state index contributed by atoms with van der Waals surface area (Å²) in [6, 6.07) is 7.33. The summed E-state index contributed by atoms with van der Waals surface area (Å²) < 4.78 is 5.55. The van der Waals surface area contributed by atoms with Crippen LogP contribution in [-0.2, 0) is 29.3 Å². The molecule has 3 amide bonds. The molecular formula is C26H38N2O6. The van der Waals surface area contributed by atoms with Gasteiger partial charge in [0.2, 0.25) is 17.7 Å². The van der Waals surface area contributed by atoms with Gasteiger partial charge in [-0.3, -0.25) is 24.1 Å². The van der Waals surface area contributed by atoms with Crippen molar-refractivity contribution < 1.29 is 29.0 Å². The molecule has 0 aliphatic carbocycles. The maximum Gasteiger partial charge on any atom is 0.311 e. The molecule has 1 fully saturated rings. The molecule has 1 saturated heterocycles. The van der Waals surface area contributed by atoms with E-state index in [0.29, 0.717) is 18.7 Å². The minimum atomic E-state index is -1.03. The highest BCUT2D eigenvalue weighted by Crippen LogP contribution is 2.43. The standard InChI is InChI=1S/C26H38N2O6/c1-23(2,15-34-16-24(3,4)22(32)33)20(30)27-18-11-9-17(10-12-18)25(5,6)26(7,8)21(31)28-14-13-19(28)29/h9-12H,13-16H2,1-8H3,(H,27,30)(H,32,33). The summed E-state index contributed by atoms with van der Waals surface area (Å²) >= 11 is 0. The average Bonchev–Trinajstić information content (AvgIpc) is 2.72. The Labute approximate surface area is 202 Å². The summed E-state index contributed by atoms with van der Waals surface area (Å²) in [7, 11) is 0. The van der Waals surface area contributed by atoms with Crippen LogP contribution in [-0.4, -0.2) is 53.5 Å². The second-order valence-electron chi connectivity index (χ2n) is 11.4. The number of hydrogen-bond acceptors (Lipinski definition) is 5. The van der Waals surface area contributed by atoms with Crippen LogP contribution in [0.15, 0.2) is 24.3 Å². The Bertz CT molecular complexity index is 960. The van der Waals surface area contributed by atoms with Crippen molar-refractivity contribution in [2.45, 2.75) is 67.2 Å². The van der Waals surface area contributed by atoms with E-state index in [4.69, 9.17) is 4.74 Å². The van der Waals surface area contributed by atoms with E-state index in [2.05, 4.69) is 5.32 Å². The summed E-state index contributed by atoms with van der Waals surface area (Å²) in [5, 5.41) is 12.1. The van der Waals surface area contributed by atoms with Gasteiger partial charge in [0.1, 0.15) is 0 Å². The van der Waals surface area contributed by atoms with Gasteiger partial charge in [-0.2, -0.15) is 0 Å². The Hall–Kier alpha value is -2.74. The number of carbonyl (C=O) groups is 4. The molecule has 0 saturated carbocycles. The third-order valence-electron chi connectivity index (χ3n) is 7.18. The fourth-order valence-electron chi connectivity index (χ4n) is 3.45. The lowest BCUT2D eigenvalue weighted by Gasteiger charge is -2.45. The number of ether oxygens (including phenoxy) is 1. The minimum Gasteiger partial charge on any atom is -0.481 e. The fourth-order valence-corrected chi connectivity index (χ4v) is 3.45. The summed E-state index contributed by atoms with van der Waals surface area (Å²) in [5.41, 5.74) is -1.76. The molecule has 0 bridgehead atoms. The number of imide groups is 1. The quantitative estimate of drug-likeness (QED) is 0.498. The van der Waals surface area contributed by atoms with E-state index in [0.717, 1.165) is 5.56 Å². The van der Waals surface area contributed by atoms with Gasteiger partial charge in [-0.1, -0.05) is 39.8 Å². The largest absolute Gasteiger partial charge is 0.481 e. The number of hydrogen-bond donors (Lipinski definition) is 2. The van der Waals surface area contributed by atoms with Crippen molar-refractivity contribution in [3.05, 3.63) is 29.8 Å². The van der Waals surface area contributed by atoms with Crippen LogP contribution in [0.5, 0.6) is 0 Å². The zero-order chi connectivity index (χ0) is 26.1. The lowest BCUT2D eigenvalue weighted by molar-refractivity contribution is -0.160. The van der Waals surface area contributed by atoms with Gasteiger partial charge in [0.15, 0.2) is 0 Å². The highest BCUT2D eigenvalue weighted by atomic mass is 16.5. The van der Waals surface area contributed by atoms with Crippen molar-refractivity contribution in [2.75, 3.05) is 25.1 Å². The number of β-lactam (4-membered cyclic amide) rings is 1. The molecule has 8 heteroatoms. The Morgan fingerprint density at radius 2 is 1.47 bits per heavy atom. The number of rotatable bonds is 10. The van der Waals surface area contributed by atoms with Crippen LogP contribution in [0, 0.1) is 16.2 Å². The number of carboxylic acid groups (broad SMARTS) is 1. The van der Waals surface area contributed by atoms with Gasteiger partial charge >= 0.3 is 5.97 Å². The van der Waals surface area contributed by atoms with E-state index >= 15 is 0 Å². The van der Waals surface area contributed by atoms with Crippen LogP contribution in [0.25, 0.3) is 0 Å². The summed E-state index contributed by atoms with van der Waals surface area (Å²) in [5.74, 6) is -1.53. The maximum atomic E-state index is 13.0. The molecule has 188 valence electrons. The predicted molar refractivity (Wildman–Crippen MR) is 129 cm³/mol. The van der Waals surface area contributed by atoms with Crippen LogP contribution in [0.2, 0.25) is 0 Å². The summed E-state index contributed by atoms with van der Waals surface area (Å²) in [4.78, 5) is 50.1. The molecule has 2 rings (SSSR count). The molecule has 1 heterocycles. The van der Waals surface area contributed by atoms with Gasteiger partial charge in [0.05, 0.1) is 29.5 Å². The molecule has 0 unspecified atom stereocenters. The number of aliphatic carboxylic acids is 1. The number of amides is 3. The Kier molecular flexibility index (Phi) is 7.67. The van der Waals surface area contributed by atoms with Gasteiger partial charge in [0, 0.05) is 24.1 Å². The van der Waals surface area contributed by atoms with Crippen molar-refractivity contribution in [3.63, 3.8) is 0 Å². The average molecular weight is 475 g/mol. The van der Waals surface area contributed by atoms with E-state index in [1.165, 1.54) is 4.90 Å². The fraction of sp³-hybridized carbons (Fsp3) is 0.615. The minimum absolute atomic E-state index is 0.000352. The van der Waals surface area contributed by atoms with E-state index in [1.54, 1.807) is 39.8 Å². The lowest BCUT2D eigenvalue weighted by Crippen LogP contribution is -2.57. The third kappa shape index (κ3) is 5.49. The predicted octanol–water partition coefficient (Wildman–Crippen LogP) is 3.84. The first-order chi connectivity index (χ1) is 15.4. The second kappa shape index (κ2) is 9.49. The molecule has 1 aromatic rings. The Balaban J connectivity index is 2.05. The number of nitrogens with one attached hydrogen (secondary N) is 1. The number of carbonyl (C=O) groups excluding carboxylic acids is 3. The molecule has 1 aliphatic rings. The van der Waals surface area contributed by atoms with E-state index < -0.39 is 27.6 Å². The van der Waals surface area contributed by atoms with Crippen LogP contribution in [0.3, 0.4) is 0 Å². The van der Waals surface area contributed by atoms with Crippen molar-refractivity contribution in [3.8, 4) is 0 Å². The van der Waals surface area contributed by atoms with Crippen molar-refractivity contribution in [1.29, 1.82) is 0 Å². The van der Waals surface area contributed by atoms with E-state index in [9.17, 15) is 24.3 Å². The summed E-state index contributed by atoms with van der Waals surface area (Å²) in [6.45, 7) is 14.8. The molecule has 0 atom stereocenters. The van der Waals surface area contributed by atoms with E-state index in [-0.39, 0.29) is 30.9 Å². The van der Waals surface area contributed by atoms with Gasteiger partial charge in [0.25, 0.3) is 0 Å². The normalized spacial score (nSPS) is 15.1. The molecule has 0 aromatic heterocycles. The molecule has 0 spiro atoms. The van der Waals surface area contributed by atoms with Gasteiger partial charge in [-0.15, -0.1) is 0 Å². The molecule has 2 N–H and O–H groups in total. The van der Waals surface area contributed by atoms with Crippen LogP contribution >= 0.6 is 0 Å². The van der Waals surface area contributed by atoms with Crippen LogP contribution in [0.1, 0.15) is 67.4 Å². The van der Waals surface area contributed by atoms with E-state index in [1.807, 2.05) is 39.8 Å². The Morgan fingerprint density at radius 1 is 0.941 bits per heavy atom. The van der Waals surface area contributed by atoms with Crippen molar-refractivity contribution in [1.82, 2.24) is 4.90 Å². The first-order valence-corrected chi connectivity index (χ1v) is 11.5. The second-order valence-corrected chi connectivity index (χ2v) is 11.4. The van der Waals surface area contributed by atoms with Crippen LogP contribution in [0.4, 0.5) is 5.69 Å². The molecule has 1 aliphatic heterocycles. The number of likely N-dealkylation sites (tertiary alicyclic amines) is 1. The lowest BCUT2D eigenvalue weighted by atomic mass is 9.63. The highest BCUT2D eigenvalue weighted by molar-refractivity contribution is 6.02. The summed E-state index contributed by atoms with van der Waals surface area (Å²) in [6.07, 6.45) is 0.412. The first-order valence-electron chi connectivity index (χ1n) is 11.5. The SMILES string of the molecule is CC(C)(COCC(C)(C)C(=O)Nc1ccc(C(C)(C)C(C)(C)C(=O)N2CCC2=O)cc1)C(=O)O. The number of carboxylic acids is 1. The van der Waals surface area contributed by atoms with Crippen molar-refractivity contribution in [2.24, 2.45) is 16.2 Å². The Morgan fingerprint density at radius 3 is 1.91 bits per heavy atom. The zero-order valence-corrected chi connectivity index (χ0v) is 21.6. The topological polar surface area (TPSA) is 113 Å². The molecule has 1 aromatic carbocycles. The van der Waals surface area contributed by atoms with Crippen LogP contribution < -0.4 is 5.32 Å². The molecule has 34 heavy (non-hydrogen) atoms. The van der Waals surface area contributed by atoms with Gasteiger partial charge in [-0.25, -0.2) is 0 Å². The van der Waals surface area contributed by atoms with Gasteiger partial charge < -0.3 is 15.2 Å². The number of benzene rings is 1. The smallest absolute Gasteiger partial charge is 0.311 e. The molecular weight excluding hydrogens is 436 g/mol. The highest BCUT2D eigenvalue weighted by Gasteiger charge is 2.49. The number of anilines is 1. The third-order valence-corrected chi connectivity index (χ3v) is 7.18. The molecule has 0 radical (unpaired) electrons. The maximum absolute atomic E-state index is 13.0. The van der Waals surface area contributed by atoms with Gasteiger partial charge in [-0.05, 0) is 45.4 Å². The van der Waals surface area contributed by atoms with Crippen molar-refractivity contribution >= 4 is 29.4 Å². The zero-order valence-electron chi connectivity index (χ0n) is 21.6. The molecule has 8 nitrogen and oxygen atoms in total.